The highest BCUT2D eigenvalue weighted by molar-refractivity contribution is 7.92. The third kappa shape index (κ3) is 5.67. The number of benzene rings is 3. The average molecular weight is 521 g/mol. The summed E-state index contributed by atoms with van der Waals surface area (Å²) in [6.07, 6.45) is -0.0518. The van der Waals surface area contributed by atoms with E-state index in [0.717, 1.165) is 23.1 Å². The van der Waals surface area contributed by atoms with Gasteiger partial charge in [0.1, 0.15) is 5.75 Å². The van der Waals surface area contributed by atoms with E-state index in [9.17, 15) is 13.2 Å². The fourth-order valence-electron chi connectivity index (χ4n) is 4.35. The number of nitrogens with zero attached hydrogens (tertiary/aromatic N) is 1. The maximum atomic E-state index is 13.8. The minimum atomic E-state index is -3.94. The van der Waals surface area contributed by atoms with Crippen molar-refractivity contribution in [2.75, 3.05) is 10.8 Å². The molecule has 0 radical (unpaired) electrons. The number of hydrogen-bond acceptors (Lipinski definition) is 4. The molecule has 0 aliphatic carbocycles. The lowest BCUT2D eigenvalue weighted by atomic mass is 9.86. The maximum absolute atomic E-state index is 13.8. The Labute approximate surface area is 220 Å². The minimum Gasteiger partial charge on any atom is -0.476 e. The molecular weight excluding hydrogens is 484 g/mol. The number of amides is 1. The number of nitrogens with one attached hydrogen (secondary N) is 1. The zero-order valence-corrected chi connectivity index (χ0v) is 23.2. The Balaban J connectivity index is 1.67. The molecule has 4 rings (SSSR count). The fourth-order valence-corrected chi connectivity index (χ4v) is 5.82. The summed E-state index contributed by atoms with van der Waals surface area (Å²) >= 11 is 0. The van der Waals surface area contributed by atoms with E-state index < -0.39 is 16.1 Å². The molecule has 1 N–H and O–H groups in total. The number of rotatable bonds is 6. The van der Waals surface area contributed by atoms with Crippen LogP contribution >= 0.6 is 0 Å². The van der Waals surface area contributed by atoms with Crippen LogP contribution in [0.2, 0.25) is 0 Å². The molecule has 0 saturated heterocycles. The van der Waals surface area contributed by atoms with Gasteiger partial charge in [-0.3, -0.25) is 9.10 Å². The van der Waals surface area contributed by atoms with Gasteiger partial charge in [-0.25, -0.2) is 8.42 Å². The summed E-state index contributed by atoms with van der Waals surface area (Å²) in [5.41, 5.74) is 4.40. The standard InChI is InChI=1S/C30H36N2O4S/c1-7-22-10-12-23(13-11-22)21(3)31-29(33)28-19-32(37(34,35)25-15-8-20(2)9-16-25)26-18-24(30(4,5)6)14-17-27(26)36-28/h8-18,21,28H,7,19H2,1-6H3,(H,31,33)/t21-,28+/m1/s1. The first-order valence-corrected chi connectivity index (χ1v) is 14.1. The van der Waals surface area contributed by atoms with Crippen molar-refractivity contribution < 1.29 is 17.9 Å². The molecule has 0 saturated carbocycles. The van der Waals surface area contributed by atoms with Crippen LogP contribution in [0.25, 0.3) is 0 Å². The van der Waals surface area contributed by atoms with Gasteiger partial charge in [-0.2, -0.15) is 0 Å². The quantitative estimate of drug-likeness (QED) is 0.453. The number of ether oxygens (including phenoxy) is 1. The van der Waals surface area contributed by atoms with E-state index in [4.69, 9.17) is 4.74 Å². The first-order valence-electron chi connectivity index (χ1n) is 12.7. The number of carbonyl (C=O) groups is 1. The largest absolute Gasteiger partial charge is 0.476 e. The molecular formula is C30H36N2O4S. The molecule has 196 valence electrons. The van der Waals surface area contributed by atoms with Crippen LogP contribution in [0.4, 0.5) is 5.69 Å². The van der Waals surface area contributed by atoms with Crippen LogP contribution in [-0.4, -0.2) is 27.0 Å². The van der Waals surface area contributed by atoms with Gasteiger partial charge in [-0.05, 0) is 66.6 Å². The first kappa shape index (κ1) is 26.7. The molecule has 1 heterocycles. The van der Waals surface area contributed by atoms with Crippen molar-refractivity contribution in [1.29, 1.82) is 0 Å². The topological polar surface area (TPSA) is 75.7 Å². The molecule has 0 bridgehead atoms. The molecule has 1 aliphatic heterocycles. The van der Waals surface area contributed by atoms with Crippen LogP contribution in [0.3, 0.4) is 0 Å². The zero-order chi connectivity index (χ0) is 27.0. The van der Waals surface area contributed by atoms with Crippen LogP contribution < -0.4 is 14.4 Å². The normalized spacial score (nSPS) is 16.5. The summed E-state index contributed by atoms with van der Waals surface area (Å²) in [6.45, 7) is 12.0. The van der Waals surface area contributed by atoms with E-state index in [-0.39, 0.29) is 28.8 Å². The zero-order valence-electron chi connectivity index (χ0n) is 22.4. The van der Waals surface area contributed by atoms with Crippen molar-refractivity contribution in [1.82, 2.24) is 5.32 Å². The number of fused-ring (bicyclic) bond motifs is 1. The van der Waals surface area contributed by atoms with Crippen molar-refractivity contribution in [3.63, 3.8) is 0 Å². The molecule has 1 aliphatic rings. The molecule has 3 aromatic carbocycles. The van der Waals surface area contributed by atoms with Gasteiger partial charge in [0, 0.05) is 0 Å². The SMILES string of the molecule is CCc1ccc([C@@H](C)NC(=O)[C@@H]2CN(S(=O)(=O)c3ccc(C)cc3)c3cc(C(C)(C)C)ccc3O2)cc1. The molecule has 0 aromatic heterocycles. The van der Waals surface area contributed by atoms with E-state index in [2.05, 4.69) is 33.0 Å². The molecule has 0 unspecified atom stereocenters. The van der Waals surface area contributed by atoms with Crippen LogP contribution in [0, 0.1) is 6.92 Å². The van der Waals surface area contributed by atoms with Crippen LogP contribution in [0.15, 0.2) is 71.6 Å². The Morgan fingerprint density at radius 3 is 2.30 bits per heavy atom. The second-order valence-corrected chi connectivity index (χ2v) is 12.6. The van der Waals surface area contributed by atoms with Gasteiger partial charge in [0.05, 0.1) is 23.2 Å². The van der Waals surface area contributed by atoms with Gasteiger partial charge in [0.2, 0.25) is 0 Å². The van der Waals surface area contributed by atoms with E-state index in [1.807, 2.05) is 50.2 Å². The molecule has 0 spiro atoms. The summed E-state index contributed by atoms with van der Waals surface area (Å²) in [5.74, 6) is 0.0109. The third-order valence-corrected chi connectivity index (χ3v) is 8.64. The highest BCUT2D eigenvalue weighted by Gasteiger charge is 2.38. The molecule has 6 nitrogen and oxygen atoms in total. The number of anilines is 1. The van der Waals surface area contributed by atoms with Crippen molar-refractivity contribution >= 4 is 21.6 Å². The molecule has 7 heteroatoms. The fraction of sp³-hybridized carbons (Fsp3) is 0.367. The van der Waals surface area contributed by atoms with Gasteiger partial charge in [-0.1, -0.05) is 75.7 Å². The molecule has 3 aromatic rings. The summed E-state index contributed by atoms with van der Waals surface area (Å²) < 4.78 is 35.1. The number of sulfonamides is 1. The smallest absolute Gasteiger partial charge is 0.264 e. The van der Waals surface area contributed by atoms with Gasteiger partial charge in [0.15, 0.2) is 6.10 Å². The average Bonchev–Trinajstić information content (AvgIpc) is 2.87. The Morgan fingerprint density at radius 2 is 1.70 bits per heavy atom. The number of carbonyl (C=O) groups excluding carboxylic acids is 1. The summed E-state index contributed by atoms with van der Waals surface area (Å²) in [6, 6.07) is 20.1. The highest BCUT2D eigenvalue weighted by Crippen LogP contribution is 2.40. The highest BCUT2D eigenvalue weighted by atomic mass is 32.2. The summed E-state index contributed by atoms with van der Waals surface area (Å²) in [7, 11) is -3.94. The van der Waals surface area contributed by atoms with Gasteiger partial charge < -0.3 is 10.1 Å². The van der Waals surface area contributed by atoms with E-state index >= 15 is 0 Å². The van der Waals surface area contributed by atoms with Crippen molar-refractivity contribution in [2.45, 2.75) is 70.4 Å². The van der Waals surface area contributed by atoms with E-state index in [1.165, 1.54) is 9.87 Å². The van der Waals surface area contributed by atoms with Crippen molar-refractivity contribution in [3.8, 4) is 5.75 Å². The Morgan fingerprint density at radius 1 is 1.05 bits per heavy atom. The van der Waals surface area contributed by atoms with E-state index in [0.29, 0.717) is 11.4 Å². The second kappa shape index (κ2) is 10.2. The lowest BCUT2D eigenvalue weighted by Gasteiger charge is -2.36. The Bertz CT molecular complexity index is 1370. The summed E-state index contributed by atoms with van der Waals surface area (Å²) in [5, 5.41) is 3.00. The van der Waals surface area contributed by atoms with Gasteiger partial charge >= 0.3 is 0 Å². The lowest BCUT2D eigenvalue weighted by molar-refractivity contribution is -0.128. The van der Waals surface area contributed by atoms with Crippen LogP contribution in [0.1, 0.15) is 62.9 Å². The Hall–Kier alpha value is -3.32. The van der Waals surface area contributed by atoms with Gasteiger partial charge in [-0.15, -0.1) is 0 Å². The predicted octanol–water partition coefficient (Wildman–Crippen LogP) is 5.69. The summed E-state index contributed by atoms with van der Waals surface area (Å²) in [4.78, 5) is 13.5. The minimum absolute atomic E-state index is 0.121. The number of hydrogen-bond donors (Lipinski definition) is 1. The van der Waals surface area contributed by atoms with Crippen LogP contribution in [0.5, 0.6) is 5.75 Å². The van der Waals surface area contributed by atoms with E-state index in [1.54, 1.807) is 30.3 Å². The third-order valence-electron chi connectivity index (χ3n) is 6.84. The number of aryl methyl sites for hydroxylation is 2. The van der Waals surface area contributed by atoms with Crippen molar-refractivity contribution in [2.24, 2.45) is 0 Å². The molecule has 37 heavy (non-hydrogen) atoms. The molecule has 1 amide bonds. The monoisotopic (exact) mass is 520 g/mol. The van der Waals surface area contributed by atoms with Crippen molar-refractivity contribution in [3.05, 3.63) is 89.0 Å². The molecule has 0 fully saturated rings. The lowest BCUT2D eigenvalue weighted by Crippen LogP contribution is -2.51. The first-order chi connectivity index (χ1) is 17.4. The van der Waals surface area contributed by atoms with Gasteiger partial charge in [0.25, 0.3) is 15.9 Å². The predicted molar refractivity (Wildman–Crippen MR) is 148 cm³/mol. The second-order valence-electron chi connectivity index (χ2n) is 10.7. The molecule has 2 atom stereocenters. The Kier molecular flexibility index (Phi) is 7.38. The van der Waals surface area contributed by atoms with Crippen LogP contribution in [-0.2, 0) is 26.7 Å². The maximum Gasteiger partial charge on any atom is 0.264 e.